The molecule has 0 radical (unpaired) electrons. The maximum atomic E-state index is 13.5. The molecule has 0 aliphatic rings. The van der Waals surface area contributed by atoms with Gasteiger partial charge in [0, 0.05) is 22.2 Å². The Balaban J connectivity index is 1.79. The molecule has 0 saturated heterocycles. The Morgan fingerprint density at radius 3 is 2.70 bits per heavy atom. The lowest BCUT2D eigenvalue weighted by Crippen LogP contribution is -2.32. The Morgan fingerprint density at radius 1 is 1.22 bits per heavy atom. The second-order valence-corrected chi connectivity index (χ2v) is 6.24. The maximum absolute atomic E-state index is 13.5. The molecule has 0 fully saturated rings. The number of aryl methyl sites for hydroxylation is 1. The number of rotatable bonds is 5. The fourth-order valence-electron chi connectivity index (χ4n) is 2.97. The summed E-state index contributed by atoms with van der Waals surface area (Å²) in [5, 5.41) is 6.20. The summed E-state index contributed by atoms with van der Waals surface area (Å²) >= 11 is 0. The number of amides is 3. The number of fused-ring (bicyclic) bond motifs is 1. The second kappa shape index (κ2) is 7.49. The summed E-state index contributed by atoms with van der Waals surface area (Å²) in [6.07, 6.45) is 0.581. The van der Waals surface area contributed by atoms with E-state index in [1.807, 2.05) is 13.8 Å². The Labute approximate surface area is 155 Å². The molecule has 140 valence electrons. The van der Waals surface area contributed by atoms with Gasteiger partial charge in [-0.05, 0) is 49.7 Å². The van der Waals surface area contributed by atoms with Gasteiger partial charge in [0.15, 0.2) is 0 Å². The lowest BCUT2D eigenvalue weighted by Gasteiger charge is -2.16. The van der Waals surface area contributed by atoms with E-state index < -0.39 is 11.9 Å². The number of nitrogens with one attached hydrogen (secondary N) is 2. The van der Waals surface area contributed by atoms with Gasteiger partial charge >= 0.3 is 6.03 Å². The molecular weight excluding hydrogens is 349 g/mol. The number of benzene rings is 2. The van der Waals surface area contributed by atoms with Crippen LogP contribution in [0.2, 0.25) is 0 Å². The van der Waals surface area contributed by atoms with Gasteiger partial charge in [0.2, 0.25) is 5.91 Å². The van der Waals surface area contributed by atoms with E-state index in [1.165, 1.54) is 18.2 Å². The molecule has 7 heteroatoms. The lowest BCUT2D eigenvalue weighted by molar-refractivity contribution is 0.1000. The molecule has 1 atom stereocenters. The third-order valence-electron chi connectivity index (χ3n) is 4.37. The van der Waals surface area contributed by atoms with Crippen molar-refractivity contribution < 1.29 is 18.4 Å². The van der Waals surface area contributed by atoms with Crippen LogP contribution in [0.5, 0.6) is 0 Å². The zero-order chi connectivity index (χ0) is 19.6. The minimum Gasteiger partial charge on any atom is -0.459 e. The Kier molecular flexibility index (Phi) is 5.12. The van der Waals surface area contributed by atoms with Crippen LogP contribution >= 0.6 is 0 Å². The number of urea groups is 1. The third kappa shape index (κ3) is 3.92. The molecule has 0 aliphatic heterocycles. The molecule has 3 rings (SSSR count). The normalized spacial score (nSPS) is 12.0. The Hall–Kier alpha value is -3.35. The number of furan rings is 1. The molecule has 0 saturated carbocycles. The van der Waals surface area contributed by atoms with E-state index in [0.29, 0.717) is 34.4 Å². The largest absolute Gasteiger partial charge is 0.459 e. The summed E-state index contributed by atoms with van der Waals surface area (Å²) in [7, 11) is 0. The van der Waals surface area contributed by atoms with Crippen molar-refractivity contribution in [3.63, 3.8) is 0 Å². The van der Waals surface area contributed by atoms with E-state index in [9.17, 15) is 14.0 Å². The van der Waals surface area contributed by atoms with Crippen LogP contribution in [0.4, 0.5) is 14.9 Å². The molecule has 0 bridgehead atoms. The van der Waals surface area contributed by atoms with Crippen LogP contribution in [0.15, 0.2) is 46.9 Å². The predicted octanol–water partition coefficient (Wildman–Crippen LogP) is 4.25. The van der Waals surface area contributed by atoms with E-state index in [-0.39, 0.29) is 11.9 Å². The number of hydrogen-bond acceptors (Lipinski definition) is 3. The van der Waals surface area contributed by atoms with Gasteiger partial charge in [-0.3, -0.25) is 4.79 Å². The van der Waals surface area contributed by atoms with Gasteiger partial charge in [-0.2, -0.15) is 0 Å². The molecule has 3 amide bonds. The molecule has 0 spiro atoms. The molecule has 1 aromatic heterocycles. The van der Waals surface area contributed by atoms with E-state index in [1.54, 1.807) is 24.3 Å². The fourth-order valence-corrected chi connectivity index (χ4v) is 2.97. The van der Waals surface area contributed by atoms with E-state index >= 15 is 0 Å². The van der Waals surface area contributed by atoms with E-state index in [0.717, 1.165) is 5.56 Å². The standard InChI is InChI=1S/C20H20FN3O3/c1-3-16(18-11(2)15-10-13(21)7-8-17(15)27-18)24-20(26)23-14-6-4-5-12(9-14)19(22)25/h4-10,16H,3H2,1-2H3,(H2,22,25)(H2,23,24,26)/t16-/m0/s1. The van der Waals surface area contributed by atoms with Crippen LogP contribution in [-0.4, -0.2) is 11.9 Å². The smallest absolute Gasteiger partial charge is 0.319 e. The molecule has 27 heavy (non-hydrogen) atoms. The van der Waals surface area contributed by atoms with Gasteiger partial charge in [-0.1, -0.05) is 13.0 Å². The average molecular weight is 369 g/mol. The van der Waals surface area contributed by atoms with Crippen molar-refractivity contribution in [3.8, 4) is 0 Å². The van der Waals surface area contributed by atoms with Crippen molar-refractivity contribution >= 4 is 28.6 Å². The summed E-state index contributed by atoms with van der Waals surface area (Å²) < 4.78 is 19.3. The van der Waals surface area contributed by atoms with Crippen LogP contribution in [0.1, 0.15) is 41.1 Å². The van der Waals surface area contributed by atoms with Crippen molar-refractivity contribution in [1.82, 2.24) is 5.32 Å². The SMILES string of the molecule is CC[C@H](NC(=O)Nc1cccc(C(N)=O)c1)c1oc2ccc(F)cc2c1C. The van der Waals surface area contributed by atoms with E-state index in [2.05, 4.69) is 10.6 Å². The molecule has 2 aromatic carbocycles. The summed E-state index contributed by atoms with van der Waals surface area (Å²) in [6.45, 7) is 3.74. The molecule has 6 nitrogen and oxygen atoms in total. The van der Waals surface area contributed by atoms with Crippen LogP contribution < -0.4 is 16.4 Å². The van der Waals surface area contributed by atoms with Crippen molar-refractivity contribution in [1.29, 1.82) is 0 Å². The van der Waals surface area contributed by atoms with Crippen LogP contribution in [0.3, 0.4) is 0 Å². The number of anilines is 1. The Bertz CT molecular complexity index is 1010. The lowest BCUT2D eigenvalue weighted by atomic mass is 10.1. The average Bonchev–Trinajstić information content (AvgIpc) is 2.96. The first-order valence-corrected chi connectivity index (χ1v) is 8.55. The van der Waals surface area contributed by atoms with Crippen molar-refractivity contribution in [2.24, 2.45) is 5.73 Å². The number of carbonyl (C=O) groups excluding carboxylic acids is 2. The minimum absolute atomic E-state index is 0.301. The van der Waals surface area contributed by atoms with Gasteiger partial charge in [0.05, 0.1) is 6.04 Å². The number of nitrogens with two attached hydrogens (primary N) is 1. The highest BCUT2D eigenvalue weighted by molar-refractivity contribution is 5.96. The molecular formula is C20H20FN3O3. The summed E-state index contributed by atoms with van der Waals surface area (Å²) in [5.74, 6) is -0.333. The molecule has 1 heterocycles. The van der Waals surface area contributed by atoms with E-state index in [4.69, 9.17) is 10.2 Å². The van der Waals surface area contributed by atoms with Gasteiger partial charge in [-0.15, -0.1) is 0 Å². The fraction of sp³-hybridized carbons (Fsp3) is 0.200. The number of halogens is 1. The van der Waals surface area contributed by atoms with Crippen LogP contribution in [0, 0.1) is 12.7 Å². The van der Waals surface area contributed by atoms with Crippen molar-refractivity contribution in [2.75, 3.05) is 5.32 Å². The quantitative estimate of drug-likeness (QED) is 0.627. The third-order valence-corrected chi connectivity index (χ3v) is 4.37. The first-order chi connectivity index (χ1) is 12.9. The number of carbonyl (C=O) groups is 2. The van der Waals surface area contributed by atoms with Gasteiger partial charge in [-0.25, -0.2) is 9.18 Å². The summed E-state index contributed by atoms with van der Waals surface area (Å²) in [4.78, 5) is 23.6. The van der Waals surface area contributed by atoms with Crippen molar-refractivity contribution in [3.05, 3.63) is 65.2 Å². The molecule has 4 N–H and O–H groups in total. The summed E-state index contributed by atoms with van der Waals surface area (Å²) in [5.41, 5.74) is 7.35. The molecule has 3 aromatic rings. The second-order valence-electron chi connectivity index (χ2n) is 6.24. The Morgan fingerprint density at radius 2 is 2.00 bits per heavy atom. The maximum Gasteiger partial charge on any atom is 0.319 e. The van der Waals surface area contributed by atoms with Crippen LogP contribution in [-0.2, 0) is 0 Å². The topological polar surface area (TPSA) is 97.4 Å². The highest BCUT2D eigenvalue weighted by Gasteiger charge is 2.21. The van der Waals surface area contributed by atoms with Crippen molar-refractivity contribution in [2.45, 2.75) is 26.3 Å². The molecule has 0 unspecified atom stereocenters. The predicted molar refractivity (Wildman–Crippen MR) is 101 cm³/mol. The number of hydrogen-bond donors (Lipinski definition) is 3. The first-order valence-electron chi connectivity index (χ1n) is 8.55. The molecule has 0 aliphatic carbocycles. The van der Waals surface area contributed by atoms with Crippen LogP contribution in [0.25, 0.3) is 11.0 Å². The number of primary amides is 1. The zero-order valence-corrected chi connectivity index (χ0v) is 15.0. The zero-order valence-electron chi connectivity index (χ0n) is 15.0. The first kappa shape index (κ1) is 18.4. The monoisotopic (exact) mass is 369 g/mol. The minimum atomic E-state index is -0.573. The summed E-state index contributed by atoms with van der Waals surface area (Å²) in [6, 6.07) is 9.84. The highest BCUT2D eigenvalue weighted by atomic mass is 19.1. The highest BCUT2D eigenvalue weighted by Crippen LogP contribution is 2.31. The van der Waals surface area contributed by atoms with Gasteiger partial charge < -0.3 is 20.8 Å². The van der Waals surface area contributed by atoms with Gasteiger partial charge in [0.1, 0.15) is 17.2 Å². The van der Waals surface area contributed by atoms with Gasteiger partial charge in [0.25, 0.3) is 0 Å².